The van der Waals surface area contributed by atoms with E-state index < -0.39 is 0 Å². The first-order chi connectivity index (χ1) is 9.02. The largest absolute Gasteiger partial charge is 0.380 e. The molecule has 0 aromatic carbocycles. The van der Waals surface area contributed by atoms with Gasteiger partial charge >= 0.3 is 0 Å². The fourth-order valence-corrected chi connectivity index (χ4v) is 3.80. The van der Waals surface area contributed by atoms with Gasteiger partial charge in [0.25, 0.3) is 0 Å². The Balaban J connectivity index is 2.96. The number of nitrogens with two attached hydrogens (primary N) is 1. The molecule has 3 unspecified atom stereocenters. The number of aliphatic imine (C=N–C) groups is 1. The smallest absolute Gasteiger partial charge is 0.191 e. The molecule has 4 heteroatoms. The highest BCUT2D eigenvalue weighted by Gasteiger charge is 2.58. The van der Waals surface area contributed by atoms with Crippen LogP contribution in [0.4, 0.5) is 0 Å². The molecule has 1 aliphatic carbocycles. The maximum atomic E-state index is 6.16. The molecule has 1 aliphatic rings. The molecule has 0 aliphatic heterocycles. The number of guanidine groups is 1. The molecule has 0 spiro atoms. The second kappa shape index (κ2) is 6.60. The van der Waals surface area contributed by atoms with Gasteiger partial charge in [0, 0.05) is 31.5 Å². The number of ether oxygens (including phenoxy) is 1. The summed E-state index contributed by atoms with van der Waals surface area (Å²) in [6.07, 6.45) is 2.48. The van der Waals surface area contributed by atoms with Gasteiger partial charge in [-0.05, 0) is 26.7 Å². The van der Waals surface area contributed by atoms with Gasteiger partial charge in [0.1, 0.15) is 0 Å². The molecule has 0 amide bonds. The van der Waals surface area contributed by atoms with Crippen molar-refractivity contribution in [3.63, 3.8) is 0 Å². The Labute approximate surface area is 118 Å². The number of hydrogen-bond donors (Lipinski definition) is 1. The third kappa shape index (κ3) is 2.60. The minimum Gasteiger partial charge on any atom is -0.380 e. The summed E-state index contributed by atoms with van der Waals surface area (Å²) in [5.74, 6) is 1.13. The standard InChI is InChI=1S/C15H31N3O/c1-7-15(8-2)12(11(5)13(15)19-6)17-14(16)18(9-3)10-4/h11-13H,7-10H2,1-6H3,(H2,16,17). The lowest BCUT2D eigenvalue weighted by Gasteiger charge is -2.58. The Morgan fingerprint density at radius 1 is 1.21 bits per heavy atom. The molecule has 0 saturated heterocycles. The van der Waals surface area contributed by atoms with Crippen molar-refractivity contribution >= 4 is 5.96 Å². The van der Waals surface area contributed by atoms with Crippen molar-refractivity contribution in [3.8, 4) is 0 Å². The van der Waals surface area contributed by atoms with Crippen LogP contribution in [0, 0.1) is 11.3 Å². The SMILES string of the molecule is CCN(CC)C(N)=NC1C(C)C(OC)C1(CC)CC. The van der Waals surface area contributed by atoms with Crippen LogP contribution in [-0.4, -0.2) is 43.2 Å². The first kappa shape index (κ1) is 16.3. The molecule has 1 saturated carbocycles. The summed E-state index contributed by atoms with van der Waals surface area (Å²) >= 11 is 0. The Morgan fingerprint density at radius 3 is 2.11 bits per heavy atom. The molecular formula is C15H31N3O. The number of nitrogens with zero attached hydrogens (tertiary/aromatic N) is 2. The summed E-state index contributed by atoms with van der Waals surface area (Å²) in [6.45, 7) is 12.7. The van der Waals surface area contributed by atoms with Crippen LogP contribution in [0.3, 0.4) is 0 Å². The van der Waals surface area contributed by atoms with E-state index in [2.05, 4.69) is 39.5 Å². The normalized spacial score (nSPS) is 30.0. The predicted molar refractivity (Wildman–Crippen MR) is 81.3 cm³/mol. The van der Waals surface area contributed by atoms with Gasteiger partial charge in [-0.25, -0.2) is 4.99 Å². The molecule has 3 atom stereocenters. The highest BCUT2D eigenvalue weighted by atomic mass is 16.5. The Bertz CT molecular complexity index is 309. The maximum absolute atomic E-state index is 6.16. The molecule has 0 radical (unpaired) electrons. The zero-order chi connectivity index (χ0) is 14.6. The van der Waals surface area contributed by atoms with E-state index in [0.717, 1.165) is 25.9 Å². The Kier molecular flexibility index (Phi) is 5.65. The summed E-state index contributed by atoms with van der Waals surface area (Å²) in [5, 5.41) is 0. The second-order valence-corrected chi connectivity index (χ2v) is 5.56. The van der Waals surface area contributed by atoms with Crippen LogP contribution in [0.15, 0.2) is 4.99 Å². The van der Waals surface area contributed by atoms with Gasteiger partial charge in [0.05, 0.1) is 12.1 Å². The van der Waals surface area contributed by atoms with Crippen LogP contribution < -0.4 is 5.73 Å². The van der Waals surface area contributed by atoms with Gasteiger partial charge in [-0.15, -0.1) is 0 Å². The molecule has 1 rings (SSSR count). The van der Waals surface area contributed by atoms with Crippen molar-refractivity contribution in [1.82, 2.24) is 4.90 Å². The van der Waals surface area contributed by atoms with Gasteiger partial charge in [-0.2, -0.15) is 0 Å². The van der Waals surface area contributed by atoms with Crippen molar-refractivity contribution in [2.24, 2.45) is 22.1 Å². The van der Waals surface area contributed by atoms with Crippen LogP contribution in [0.25, 0.3) is 0 Å². The molecule has 19 heavy (non-hydrogen) atoms. The van der Waals surface area contributed by atoms with Crippen molar-refractivity contribution < 1.29 is 4.74 Å². The highest BCUT2D eigenvalue weighted by molar-refractivity contribution is 5.78. The summed E-state index contributed by atoms with van der Waals surface area (Å²) < 4.78 is 5.70. The quantitative estimate of drug-likeness (QED) is 0.595. The van der Waals surface area contributed by atoms with Crippen molar-refractivity contribution in [2.45, 2.75) is 59.6 Å². The molecule has 2 N–H and O–H groups in total. The van der Waals surface area contributed by atoms with Gasteiger partial charge in [0.2, 0.25) is 0 Å². The molecular weight excluding hydrogens is 238 g/mol. The predicted octanol–water partition coefficient (Wildman–Crippen LogP) is 2.48. The minimum atomic E-state index is 0.159. The summed E-state index contributed by atoms with van der Waals surface area (Å²) in [4.78, 5) is 6.95. The fraction of sp³-hybridized carbons (Fsp3) is 0.933. The van der Waals surface area contributed by atoms with Gasteiger partial charge < -0.3 is 15.4 Å². The average Bonchev–Trinajstić information content (AvgIpc) is 2.43. The lowest BCUT2D eigenvalue weighted by atomic mass is 9.53. The Hall–Kier alpha value is -0.770. The summed E-state index contributed by atoms with van der Waals surface area (Å²) in [5.41, 5.74) is 6.32. The molecule has 0 aromatic rings. The minimum absolute atomic E-state index is 0.159. The van der Waals surface area contributed by atoms with Crippen LogP contribution in [0.5, 0.6) is 0 Å². The zero-order valence-corrected chi connectivity index (χ0v) is 13.4. The van der Waals surface area contributed by atoms with E-state index in [1.807, 2.05) is 7.11 Å². The first-order valence-electron chi connectivity index (χ1n) is 7.63. The lowest BCUT2D eigenvalue weighted by Crippen LogP contribution is -2.63. The number of rotatable bonds is 6. The first-order valence-corrected chi connectivity index (χ1v) is 7.63. The monoisotopic (exact) mass is 269 g/mol. The molecule has 0 bridgehead atoms. The van der Waals surface area contributed by atoms with Crippen molar-refractivity contribution in [3.05, 3.63) is 0 Å². The maximum Gasteiger partial charge on any atom is 0.191 e. The third-order valence-electron chi connectivity index (χ3n) is 5.06. The summed E-state index contributed by atoms with van der Waals surface area (Å²) in [7, 11) is 1.81. The molecule has 0 heterocycles. The van der Waals surface area contributed by atoms with E-state index in [9.17, 15) is 0 Å². The summed E-state index contributed by atoms with van der Waals surface area (Å²) in [6, 6.07) is 0.285. The molecule has 4 nitrogen and oxygen atoms in total. The fourth-order valence-electron chi connectivity index (χ4n) is 3.80. The average molecular weight is 269 g/mol. The van der Waals surface area contributed by atoms with Gasteiger partial charge in [-0.1, -0.05) is 20.8 Å². The number of methoxy groups -OCH3 is 1. The Morgan fingerprint density at radius 2 is 1.74 bits per heavy atom. The lowest BCUT2D eigenvalue weighted by molar-refractivity contribution is -0.156. The zero-order valence-electron chi connectivity index (χ0n) is 13.4. The topological polar surface area (TPSA) is 50.8 Å². The van der Waals surface area contributed by atoms with Crippen LogP contribution >= 0.6 is 0 Å². The highest BCUT2D eigenvalue weighted by Crippen LogP contribution is 2.54. The van der Waals surface area contributed by atoms with Crippen LogP contribution in [0.2, 0.25) is 0 Å². The van der Waals surface area contributed by atoms with Gasteiger partial charge in [-0.3, -0.25) is 0 Å². The molecule has 1 fully saturated rings. The third-order valence-corrected chi connectivity index (χ3v) is 5.06. The van der Waals surface area contributed by atoms with E-state index in [1.54, 1.807) is 0 Å². The van der Waals surface area contributed by atoms with E-state index in [1.165, 1.54) is 0 Å². The van der Waals surface area contributed by atoms with Crippen molar-refractivity contribution in [2.75, 3.05) is 20.2 Å². The van der Waals surface area contributed by atoms with E-state index >= 15 is 0 Å². The van der Waals surface area contributed by atoms with E-state index in [-0.39, 0.29) is 11.5 Å². The number of hydrogen-bond acceptors (Lipinski definition) is 2. The van der Waals surface area contributed by atoms with Crippen molar-refractivity contribution in [1.29, 1.82) is 0 Å². The van der Waals surface area contributed by atoms with Crippen LogP contribution in [-0.2, 0) is 4.74 Å². The molecule has 0 aromatic heterocycles. The van der Waals surface area contributed by atoms with Crippen LogP contribution in [0.1, 0.15) is 47.5 Å². The molecule has 112 valence electrons. The van der Waals surface area contributed by atoms with E-state index in [0.29, 0.717) is 18.0 Å². The second-order valence-electron chi connectivity index (χ2n) is 5.56. The van der Waals surface area contributed by atoms with Gasteiger partial charge in [0.15, 0.2) is 5.96 Å². The van der Waals surface area contributed by atoms with E-state index in [4.69, 9.17) is 15.5 Å².